The molecule has 1 fully saturated rings. The molecule has 0 amide bonds. The van der Waals surface area contributed by atoms with Crippen LogP contribution < -0.4 is 0 Å². The number of rotatable bonds is 4. The third-order valence-corrected chi connectivity index (χ3v) is 4.84. The maximum atomic E-state index is 3.88. The molecule has 0 atom stereocenters. The zero-order chi connectivity index (χ0) is 15.4. The monoisotopic (exact) mass is 290 g/mol. The van der Waals surface area contributed by atoms with Gasteiger partial charge in [0.05, 0.1) is 0 Å². The lowest BCUT2D eigenvalue weighted by molar-refractivity contribution is 0.356. The van der Waals surface area contributed by atoms with Gasteiger partial charge in [-0.2, -0.15) is 0 Å². The molecular formula is C22H26. The van der Waals surface area contributed by atoms with Crippen LogP contribution in [0.1, 0.15) is 48.8 Å². The highest BCUT2D eigenvalue weighted by atomic mass is 14.2. The fourth-order valence-corrected chi connectivity index (χ4v) is 3.72. The van der Waals surface area contributed by atoms with Crippen LogP contribution in [0.5, 0.6) is 0 Å². The first kappa shape index (κ1) is 15.1. The first-order chi connectivity index (χ1) is 10.7. The van der Waals surface area contributed by atoms with E-state index in [1.165, 1.54) is 66.3 Å². The van der Waals surface area contributed by atoms with Gasteiger partial charge in [0, 0.05) is 0 Å². The molecule has 0 unspecified atom stereocenters. The molecule has 2 aromatic carbocycles. The van der Waals surface area contributed by atoms with E-state index in [0.29, 0.717) is 0 Å². The van der Waals surface area contributed by atoms with Crippen LogP contribution in [-0.4, -0.2) is 0 Å². The molecule has 0 bridgehead atoms. The van der Waals surface area contributed by atoms with Crippen LogP contribution in [0.2, 0.25) is 0 Å². The van der Waals surface area contributed by atoms with E-state index in [9.17, 15) is 0 Å². The highest BCUT2D eigenvalue weighted by molar-refractivity contribution is 5.68. The molecule has 0 aliphatic heterocycles. The molecule has 114 valence electrons. The predicted octanol–water partition coefficient (Wildman–Crippen LogP) is 6.43. The highest BCUT2D eigenvalue weighted by Crippen LogP contribution is 2.29. The van der Waals surface area contributed by atoms with Gasteiger partial charge in [-0.05, 0) is 47.6 Å². The highest BCUT2D eigenvalue weighted by Gasteiger charge is 2.14. The fourth-order valence-electron chi connectivity index (χ4n) is 3.72. The Labute approximate surface area is 134 Å². The van der Waals surface area contributed by atoms with Crippen molar-refractivity contribution >= 4 is 6.08 Å². The second-order valence-electron chi connectivity index (χ2n) is 6.75. The molecule has 1 saturated carbocycles. The van der Waals surface area contributed by atoms with Gasteiger partial charge >= 0.3 is 0 Å². The van der Waals surface area contributed by atoms with Gasteiger partial charge in [-0.25, -0.2) is 0 Å². The van der Waals surface area contributed by atoms with Crippen molar-refractivity contribution in [3.05, 3.63) is 65.7 Å². The summed E-state index contributed by atoms with van der Waals surface area (Å²) in [5, 5.41) is 0. The molecule has 1 aliphatic rings. The summed E-state index contributed by atoms with van der Waals surface area (Å²) < 4.78 is 0. The number of hydrogen-bond acceptors (Lipinski definition) is 0. The van der Waals surface area contributed by atoms with Gasteiger partial charge < -0.3 is 0 Å². The third-order valence-electron chi connectivity index (χ3n) is 4.84. The Hall–Kier alpha value is -1.82. The predicted molar refractivity (Wildman–Crippen MR) is 97.0 cm³/mol. The van der Waals surface area contributed by atoms with E-state index < -0.39 is 0 Å². The molecule has 2 aromatic rings. The van der Waals surface area contributed by atoms with E-state index in [0.717, 1.165) is 5.92 Å². The average molecular weight is 290 g/mol. The first-order valence-corrected chi connectivity index (χ1v) is 8.58. The van der Waals surface area contributed by atoms with E-state index in [2.05, 4.69) is 56.0 Å². The lowest BCUT2D eigenvalue weighted by Gasteiger charge is -2.22. The molecule has 0 N–H and O–H groups in total. The average Bonchev–Trinajstić information content (AvgIpc) is 2.55. The van der Waals surface area contributed by atoms with Crippen molar-refractivity contribution in [1.29, 1.82) is 0 Å². The Balaban J connectivity index is 1.86. The van der Waals surface area contributed by atoms with Crippen LogP contribution in [-0.2, 0) is 6.42 Å². The summed E-state index contributed by atoms with van der Waals surface area (Å²) in [5.41, 5.74) is 6.70. The van der Waals surface area contributed by atoms with Crippen molar-refractivity contribution in [2.75, 3.05) is 0 Å². The summed E-state index contributed by atoms with van der Waals surface area (Å²) >= 11 is 0. The van der Waals surface area contributed by atoms with Gasteiger partial charge in [-0.15, -0.1) is 0 Å². The standard InChI is InChI=1S/C22H26/c1-3-18-10-7-11-21(15-18)22-13-17(2)12-20(16-22)14-19-8-5-4-6-9-19/h3,7,10-13,15-16,19H,1,4-6,8-9,14H2,2H3. The smallest absolute Gasteiger partial charge is 0.0178 e. The Morgan fingerprint density at radius 3 is 2.59 bits per heavy atom. The van der Waals surface area contributed by atoms with Crippen molar-refractivity contribution < 1.29 is 0 Å². The molecule has 3 rings (SSSR count). The lowest BCUT2D eigenvalue weighted by atomic mass is 9.84. The summed E-state index contributed by atoms with van der Waals surface area (Å²) in [5.74, 6) is 0.892. The van der Waals surface area contributed by atoms with Crippen LogP contribution in [0.15, 0.2) is 49.0 Å². The lowest BCUT2D eigenvalue weighted by Crippen LogP contribution is -2.09. The van der Waals surface area contributed by atoms with Crippen molar-refractivity contribution in [2.45, 2.75) is 45.4 Å². The topological polar surface area (TPSA) is 0 Å². The van der Waals surface area contributed by atoms with Gasteiger partial charge in [0.25, 0.3) is 0 Å². The van der Waals surface area contributed by atoms with Gasteiger partial charge in [-0.1, -0.05) is 86.7 Å². The van der Waals surface area contributed by atoms with E-state index in [4.69, 9.17) is 0 Å². The van der Waals surface area contributed by atoms with E-state index >= 15 is 0 Å². The van der Waals surface area contributed by atoms with E-state index in [-0.39, 0.29) is 0 Å². The van der Waals surface area contributed by atoms with Gasteiger partial charge in [-0.3, -0.25) is 0 Å². The zero-order valence-electron chi connectivity index (χ0n) is 13.6. The SMILES string of the molecule is C=Cc1cccc(-c2cc(C)cc(CC3CCCCC3)c2)c1. The fraction of sp³-hybridized carbons (Fsp3) is 0.364. The number of hydrogen-bond donors (Lipinski definition) is 0. The molecule has 22 heavy (non-hydrogen) atoms. The van der Waals surface area contributed by atoms with Gasteiger partial charge in [0.1, 0.15) is 0 Å². The molecule has 0 aromatic heterocycles. The quantitative estimate of drug-likeness (QED) is 0.609. The summed E-state index contributed by atoms with van der Waals surface area (Å²) in [7, 11) is 0. The summed E-state index contributed by atoms with van der Waals surface area (Å²) in [6, 6.07) is 15.7. The molecule has 0 nitrogen and oxygen atoms in total. The van der Waals surface area contributed by atoms with E-state index in [1.54, 1.807) is 0 Å². The first-order valence-electron chi connectivity index (χ1n) is 8.58. The summed E-state index contributed by atoms with van der Waals surface area (Å²) in [6.07, 6.45) is 10.3. The van der Waals surface area contributed by atoms with Crippen molar-refractivity contribution in [3.8, 4) is 11.1 Å². The Morgan fingerprint density at radius 2 is 1.82 bits per heavy atom. The molecule has 0 saturated heterocycles. The maximum absolute atomic E-state index is 3.88. The van der Waals surface area contributed by atoms with Crippen LogP contribution >= 0.6 is 0 Å². The Kier molecular flexibility index (Phi) is 4.77. The minimum Gasteiger partial charge on any atom is -0.0985 e. The second-order valence-corrected chi connectivity index (χ2v) is 6.75. The van der Waals surface area contributed by atoms with E-state index in [1.807, 2.05) is 6.08 Å². The number of benzene rings is 2. The molecule has 1 aliphatic carbocycles. The normalized spacial score (nSPS) is 15.7. The summed E-state index contributed by atoms with van der Waals surface area (Å²) in [6.45, 7) is 6.09. The zero-order valence-corrected chi connectivity index (χ0v) is 13.6. The summed E-state index contributed by atoms with van der Waals surface area (Å²) in [4.78, 5) is 0. The van der Waals surface area contributed by atoms with Crippen molar-refractivity contribution in [1.82, 2.24) is 0 Å². The van der Waals surface area contributed by atoms with Crippen LogP contribution in [0.4, 0.5) is 0 Å². The molecule has 0 heterocycles. The van der Waals surface area contributed by atoms with Crippen molar-refractivity contribution in [3.63, 3.8) is 0 Å². The Morgan fingerprint density at radius 1 is 1.00 bits per heavy atom. The Bertz CT molecular complexity index is 645. The third kappa shape index (κ3) is 3.68. The molecule has 0 heteroatoms. The van der Waals surface area contributed by atoms with Crippen LogP contribution in [0.25, 0.3) is 17.2 Å². The second kappa shape index (κ2) is 6.96. The number of aryl methyl sites for hydroxylation is 1. The minimum absolute atomic E-state index is 0.892. The van der Waals surface area contributed by atoms with Crippen LogP contribution in [0.3, 0.4) is 0 Å². The molecular weight excluding hydrogens is 264 g/mol. The van der Waals surface area contributed by atoms with Crippen molar-refractivity contribution in [2.24, 2.45) is 5.92 Å². The minimum atomic E-state index is 0.892. The largest absolute Gasteiger partial charge is 0.0985 e. The van der Waals surface area contributed by atoms with Gasteiger partial charge in [0.15, 0.2) is 0 Å². The van der Waals surface area contributed by atoms with Crippen LogP contribution in [0, 0.1) is 12.8 Å². The maximum Gasteiger partial charge on any atom is -0.0178 e. The molecule has 0 spiro atoms. The molecule has 0 radical (unpaired) electrons. The van der Waals surface area contributed by atoms with Gasteiger partial charge in [0.2, 0.25) is 0 Å².